The van der Waals surface area contributed by atoms with E-state index in [-0.39, 0.29) is 24.4 Å². The fourth-order valence-electron chi connectivity index (χ4n) is 2.61. The van der Waals surface area contributed by atoms with Gasteiger partial charge in [0.05, 0.1) is 0 Å². The average molecular weight is 224 g/mol. The maximum absolute atomic E-state index is 11.6. The maximum Gasteiger partial charge on any atom is 0.325 e. The van der Waals surface area contributed by atoms with Crippen molar-refractivity contribution in [3.63, 3.8) is 0 Å². The molecule has 1 aliphatic heterocycles. The van der Waals surface area contributed by atoms with Gasteiger partial charge in [0, 0.05) is 12.5 Å². The van der Waals surface area contributed by atoms with Gasteiger partial charge in [-0.05, 0) is 12.8 Å². The number of hydrogen-bond donors (Lipinski definition) is 1. The Hall–Kier alpha value is -1.39. The van der Waals surface area contributed by atoms with E-state index >= 15 is 0 Å². The summed E-state index contributed by atoms with van der Waals surface area (Å²) < 4.78 is 0. The van der Waals surface area contributed by atoms with Gasteiger partial charge < -0.3 is 9.69 Å². The van der Waals surface area contributed by atoms with Gasteiger partial charge >= 0.3 is 6.03 Å². The molecule has 1 atom stereocenters. The first-order valence-electron chi connectivity index (χ1n) is 5.81. The minimum atomic E-state index is -0.576. The lowest BCUT2D eigenvalue weighted by atomic mass is 9.93. The molecule has 0 aromatic carbocycles. The molecule has 5 nitrogen and oxygen atoms in total. The Morgan fingerprint density at radius 1 is 1.25 bits per heavy atom. The second-order valence-corrected chi connectivity index (χ2v) is 4.41. The third kappa shape index (κ3) is 1.94. The Labute approximate surface area is 94.2 Å². The molecule has 1 saturated heterocycles. The predicted molar refractivity (Wildman–Crippen MR) is 56.7 cm³/mol. The van der Waals surface area contributed by atoms with E-state index < -0.39 is 6.04 Å². The molecule has 0 spiro atoms. The molecule has 2 rings (SSSR count). The highest BCUT2D eigenvalue weighted by atomic mass is 16.2. The number of carbonyl (C=O) groups is 3. The number of carbonyl (C=O) groups excluding carboxylic acids is 3. The third-order valence-electron chi connectivity index (χ3n) is 3.39. The molecule has 3 amide bonds. The van der Waals surface area contributed by atoms with Crippen LogP contribution in [0.1, 0.15) is 38.5 Å². The van der Waals surface area contributed by atoms with Crippen LogP contribution in [0.2, 0.25) is 0 Å². The molecule has 1 saturated carbocycles. The van der Waals surface area contributed by atoms with E-state index in [2.05, 4.69) is 5.32 Å². The van der Waals surface area contributed by atoms with Crippen LogP contribution in [0.3, 0.4) is 0 Å². The van der Waals surface area contributed by atoms with Crippen LogP contribution in [0, 0.1) is 0 Å². The first-order valence-corrected chi connectivity index (χ1v) is 5.81. The van der Waals surface area contributed by atoms with Crippen molar-refractivity contribution in [1.29, 1.82) is 0 Å². The number of nitrogens with zero attached hydrogens (tertiary/aromatic N) is 1. The zero-order chi connectivity index (χ0) is 11.5. The van der Waals surface area contributed by atoms with Crippen molar-refractivity contribution in [3.05, 3.63) is 0 Å². The van der Waals surface area contributed by atoms with E-state index in [9.17, 15) is 14.4 Å². The van der Waals surface area contributed by atoms with Crippen LogP contribution in [0.15, 0.2) is 0 Å². The molecular formula is C11H16N2O3. The predicted octanol–water partition coefficient (Wildman–Crippen LogP) is 0.828. The van der Waals surface area contributed by atoms with E-state index in [0.717, 1.165) is 25.7 Å². The lowest BCUT2D eigenvalue weighted by Crippen LogP contribution is -2.44. The van der Waals surface area contributed by atoms with Crippen LogP contribution >= 0.6 is 0 Å². The second-order valence-electron chi connectivity index (χ2n) is 4.41. The molecule has 16 heavy (non-hydrogen) atoms. The Bertz CT molecular complexity index is 310. The number of urea groups is 1. The molecule has 0 aromatic heterocycles. The fourth-order valence-corrected chi connectivity index (χ4v) is 2.61. The molecule has 2 aliphatic rings. The maximum atomic E-state index is 11.6. The van der Waals surface area contributed by atoms with Crippen molar-refractivity contribution in [3.8, 4) is 0 Å². The summed E-state index contributed by atoms with van der Waals surface area (Å²) >= 11 is 0. The summed E-state index contributed by atoms with van der Waals surface area (Å²) in [6.07, 6.45) is 6.07. The molecule has 0 bridgehead atoms. The highest BCUT2D eigenvalue weighted by Crippen LogP contribution is 2.27. The molecular weight excluding hydrogens is 208 g/mol. The van der Waals surface area contributed by atoms with Gasteiger partial charge in [0.25, 0.3) is 5.91 Å². The molecule has 1 aliphatic carbocycles. The van der Waals surface area contributed by atoms with Crippen molar-refractivity contribution in [2.75, 3.05) is 0 Å². The van der Waals surface area contributed by atoms with E-state index in [1.54, 1.807) is 4.90 Å². The van der Waals surface area contributed by atoms with Gasteiger partial charge in [-0.2, -0.15) is 0 Å². The van der Waals surface area contributed by atoms with Crippen molar-refractivity contribution in [2.24, 2.45) is 0 Å². The number of aldehydes is 1. The molecule has 2 fully saturated rings. The van der Waals surface area contributed by atoms with Crippen LogP contribution in [0.5, 0.6) is 0 Å². The number of rotatable bonds is 3. The van der Waals surface area contributed by atoms with Gasteiger partial charge in [-0.25, -0.2) is 4.79 Å². The topological polar surface area (TPSA) is 66.5 Å². The number of nitrogens with one attached hydrogen (secondary N) is 1. The van der Waals surface area contributed by atoms with E-state index in [4.69, 9.17) is 0 Å². The molecule has 1 heterocycles. The van der Waals surface area contributed by atoms with Crippen LogP contribution in [-0.4, -0.2) is 35.2 Å². The third-order valence-corrected chi connectivity index (χ3v) is 3.39. The summed E-state index contributed by atoms with van der Waals surface area (Å²) in [5, 5.41) is 2.29. The van der Waals surface area contributed by atoms with Gasteiger partial charge in [0.15, 0.2) is 0 Å². The fraction of sp³-hybridized carbons (Fsp3) is 0.727. The Kier molecular flexibility index (Phi) is 3.22. The molecule has 88 valence electrons. The first kappa shape index (κ1) is 11.1. The minimum Gasteiger partial charge on any atom is -0.309 e. The summed E-state index contributed by atoms with van der Waals surface area (Å²) in [6.45, 7) is 0. The van der Waals surface area contributed by atoms with Gasteiger partial charge in [0.2, 0.25) is 0 Å². The van der Waals surface area contributed by atoms with Crippen molar-refractivity contribution >= 4 is 18.2 Å². The molecule has 5 heteroatoms. The molecule has 0 aromatic rings. The normalized spacial score (nSPS) is 27.0. The lowest BCUT2D eigenvalue weighted by molar-refractivity contribution is -0.124. The van der Waals surface area contributed by atoms with Gasteiger partial charge in [-0.15, -0.1) is 0 Å². The number of imide groups is 1. The summed E-state index contributed by atoms with van der Waals surface area (Å²) in [7, 11) is 0. The van der Waals surface area contributed by atoms with Crippen LogP contribution in [-0.2, 0) is 9.59 Å². The number of amides is 3. The summed E-state index contributed by atoms with van der Waals surface area (Å²) in [6, 6.07) is -0.776. The number of hydrogen-bond acceptors (Lipinski definition) is 3. The largest absolute Gasteiger partial charge is 0.325 e. The zero-order valence-electron chi connectivity index (χ0n) is 9.15. The average Bonchev–Trinajstić information content (AvgIpc) is 2.56. The molecule has 1 unspecified atom stereocenters. The quantitative estimate of drug-likeness (QED) is 0.570. The first-order chi connectivity index (χ1) is 7.74. The van der Waals surface area contributed by atoms with Crippen molar-refractivity contribution in [1.82, 2.24) is 10.2 Å². The van der Waals surface area contributed by atoms with Crippen LogP contribution in [0.25, 0.3) is 0 Å². The Balaban J connectivity index is 2.12. The summed E-state index contributed by atoms with van der Waals surface area (Å²) in [5.41, 5.74) is 0. The van der Waals surface area contributed by atoms with Gasteiger partial charge in [0.1, 0.15) is 12.3 Å². The van der Waals surface area contributed by atoms with E-state index in [1.807, 2.05) is 0 Å². The summed E-state index contributed by atoms with van der Waals surface area (Å²) in [5.74, 6) is -0.331. The van der Waals surface area contributed by atoms with Crippen LogP contribution < -0.4 is 5.32 Å². The minimum absolute atomic E-state index is 0.105. The monoisotopic (exact) mass is 224 g/mol. The van der Waals surface area contributed by atoms with Crippen molar-refractivity contribution in [2.45, 2.75) is 50.6 Å². The second kappa shape index (κ2) is 4.63. The van der Waals surface area contributed by atoms with E-state index in [1.165, 1.54) is 6.42 Å². The SMILES string of the molecule is O=CCC1C(=O)NC(=O)N1C1CCCCC1. The molecule has 0 radical (unpaired) electrons. The Morgan fingerprint density at radius 3 is 2.56 bits per heavy atom. The Morgan fingerprint density at radius 2 is 1.94 bits per heavy atom. The van der Waals surface area contributed by atoms with Gasteiger partial charge in [-0.1, -0.05) is 19.3 Å². The van der Waals surface area contributed by atoms with E-state index in [0.29, 0.717) is 6.29 Å². The summed E-state index contributed by atoms with van der Waals surface area (Å²) in [4.78, 5) is 35.2. The zero-order valence-corrected chi connectivity index (χ0v) is 9.15. The van der Waals surface area contributed by atoms with Gasteiger partial charge in [-0.3, -0.25) is 10.1 Å². The smallest absolute Gasteiger partial charge is 0.309 e. The van der Waals surface area contributed by atoms with Crippen molar-refractivity contribution < 1.29 is 14.4 Å². The standard InChI is InChI=1S/C11H16N2O3/c14-7-6-9-10(15)12-11(16)13(9)8-4-2-1-3-5-8/h7-9H,1-6H2,(H,12,15,16). The highest BCUT2D eigenvalue weighted by Gasteiger charge is 2.41. The highest BCUT2D eigenvalue weighted by molar-refractivity contribution is 6.05. The molecule has 1 N–H and O–H groups in total. The lowest BCUT2D eigenvalue weighted by Gasteiger charge is -2.32. The van der Waals surface area contributed by atoms with Crippen LogP contribution in [0.4, 0.5) is 4.79 Å².